The predicted molar refractivity (Wildman–Crippen MR) is 91.5 cm³/mol. The van der Waals surface area contributed by atoms with E-state index in [4.69, 9.17) is 0 Å². The zero-order chi connectivity index (χ0) is 18.5. The molecule has 1 aromatic carbocycles. The van der Waals surface area contributed by atoms with Gasteiger partial charge in [-0.25, -0.2) is 13.2 Å². The lowest BCUT2D eigenvalue weighted by atomic mass is 9.72. The number of hydrogen-bond donors (Lipinski definition) is 0. The molecule has 0 saturated carbocycles. The lowest BCUT2D eigenvalue weighted by Crippen LogP contribution is -2.72. The molecule has 3 heterocycles. The lowest BCUT2D eigenvalue weighted by Gasteiger charge is -2.60. The zero-order valence-electron chi connectivity index (χ0n) is 14.3. The zero-order valence-corrected chi connectivity index (χ0v) is 14.3. The van der Waals surface area contributed by atoms with Gasteiger partial charge in [0.05, 0.1) is 11.3 Å². The van der Waals surface area contributed by atoms with Gasteiger partial charge in [0, 0.05) is 56.0 Å². The molecule has 2 aliphatic rings. The normalized spacial score (nSPS) is 18.0. The molecule has 2 saturated heterocycles. The third kappa shape index (κ3) is 2.81. The standard InChI is InChI=1S/C19H18F3N3O/c1-12(26)24-8-19(9-24)10-25(11-19)14-4-5-23-17(7-14)13-2-3-16(20)15(6-13)18(21)22/h2-7,18H,8-11H2,1H3. The van der Waals surface area contributed by atoms with Crippen LogP contribution in [0.15, 0.2) is 36.5 Å². The van der Waals surface area contributed by atoms with Crippen molar-refractivity contribution in [2.45, 2.75) is 13.3 Å². The van der Waals surface area contributed by atoms with Gasteiger partial charge in [0.15, 0.2) is 0 Å². The number of likely N-dealkylation sites (tertiary alicyclic amines) is 1. The van der Waals surface area contributed by atoms with Gasteiger partial charge in [0.1, 0.15) is 5.82 Å². The van der Waals surface area contributed by atoms with Crippen molar-refractivity contribution in [2.75, 3.05) is 31.1 Å². The van der Waals surface area contributed by atoms with Gasteiger partial charge in [0.2, 0.25) is 5.91 Å². The molecule has 0 aliphatic carbocycles. The van der Waals surface area contributed by atoms with E-state index in [2.05, 4.69) is 9.88 Å². The van der Waals surface area contributed by atoms with Gasteiger partial charge in [-0.3, -0.25) is 9.78 Å². The van der Waals surface area contributed by atoms with Crippen LogP contribution in [0.4, 0.5) is 18.9 Å². The van der Waals surface area contributed by atoms with Crippen LogP contribution in [0, 0.1) is 11.2 Å². The first-order valence-corrected chi connectivity index (χ1v) is 8.41. The van der Waals surface area contributed by atoms with Gasteiger partial charge in [-0.1, -0.05) is 0 Å². The van der Waals surface area contributed by atoms with E-state index >= 15 is 0 Å². The molecule has 2 aromatic rings. The van der Waals surface area contributed by atoms with Crippen LogP contribution in [0.25, 0.3) is 11.3 Å². The van der Waals surface area contributed by atoms with E-state index in [0.717, 1.165) is 44.0 Å². The maximum atomic E-state index is 13.5. The largest absolute Gasteiger partial charge is 0.370 e. The van der Waals surface area contributed by atoms with Crippen molar-refractivity contribution in [3.63, 3.8) is 0 Å². The van der Waals surface area contributed by atoms with Crippen molar-refractivity contribution in [1.29, 1.82) is 0 Å². The van der Waals surface area contributed by atoms with E-state index in [1.165, 1.54) is 6.07 Å². The third-order valence-electron chi connectivity index (χ3n) is 5.19. The molecule has 0 unspecified atom stereocenters. The van der Waals surface area contributed by atoms with E-state index in [1.807, 2.05) is 17.0 Å². The van der Waals surface area contributed by atoms with E-state index in [0.29, 0.717) is 11.3 Å². The number of nitrogens with zero attached hydrogens (tertiary/aromatic N) is 3. The highest BCUT2D eigenvalue weighted by atomic mass is 19.3. The molecular weight excluding hydrogens is 343 g/mol. The Morgan fingerprint density at radius 3 is 2.54 bits per heavy atom. The topological polar surface area (TPSA) is 36.4 Å². The van der Waals surface area contributed by atoms with Gasteiger partial charge < -0.3 is 9.80 Å². The first-order chi connectivity index (χ1) is 12.4. The number of hydrogen-bond acceptors (Lipinski definition) is 3. The first kappa shape index (κ1) is 16.9. The Bertz CT molecular complexity index is 857. The number of carbonyl (C=O) groups is 1. The van der Waals surface area contributed by atoms with Crippen LogP contribution in [0.5, 0.6) is 0 Å². The smallest absolute Gasteiger partial charge is 0.266 e. The summed E-state index contributed by atoms with van der Waals surface area (Å²) in [6, 6.07) is 7.36. The molecule has 1 aromatic heterocycles. The summed E-state index contributed by atoms with van der Waals surface area (Å²) in [5, 5.41) is 0. The fourth-order valence-electron chi connectivity index (χ4n) is 3.78. The fraction of sp³-hybridized carbons (Fsp3) is 0.368. The van der Waals surface area contributed by atoms with Crippen molar-refractivity contribution >= 4 is 11.6 Å². The van der Waals surface area contributed by atoms with Crippen molar-refractivity contribution in [2.24, 2.45) is 5.41 Å². The molecule has 2 aliphatic heterocycles. The summed E-state index contributed by atoms with van der Waals surface area (Å²) in [6.45, 7) is 4.85. The molecule has 0 atom stereocenters. The van der Waals surface area contributed by atoms with Crippen LogP contribution < -0.4 is 4.90 Å². The Kier molecular flexibility index (Phi) is 3.89. The fourth-order valence-corrected chi connectivity index (χ4v) is 3.78. The summed E-state index contributed by atoms with van der Waals surface area (Å²) in [7, 11) is 0. The van der Waals surface area contributed by atoms with Crippen LogP contribution in [0.2, 0.25) is 0 Å². The minimum Gasteiger partial charge on any atom is -0.370 e. The van der Waals surface area contributed by atoms with Gasteiger partial charge in [-0.2, -0.15) is 0 Å². The summed E-state index contributed by atoms with van der Waals surface area (Å²) < 4.78 is 39.3. The highest BCUT2D eigenvalue weighted by Crippen LogP contribution is 2.42. The average molecular weight is 361 g/mol. The monoisotopic (exact) mass is 361 g/mol. The summed E-state index contributed by atoms with van der Waals surface area (Å²) in [6.07, 6.45) is -1.24. The molecule has 0 radical (unpaired) electrons. The second-order valence-electron chi connectivity index (χ2n) is 7.17. The molecule has 0 N–H and O–H groups in total. The van der Waals surface area contributed by atoms with Crippen LogP contribution in [-0.2, 0) is 4.79 Å². The van der Waals surface area contributed by atoms with Gasteiger partial charge in [-0.05, 0) is 30.3 Å². The highest BCUT2D eigenvalue weighted by molar-refractivity contribution is 5.75. The molecule has 7 heteroatoms. The molecular formula is C19H18F3N3O. The van der Waals surface area contributed by atoms with Gasteiger partial charge >= 0.3 is 0 Å². The summed E-state index contributed by atoms with van der Waals surface area (Å²) >= 11 is 0. The lowest BCUT2D eigenvalue weighted by molar-refractivity contribution is -0.142. The third-order valence-corrected chi connectivity index (χ3v) is 5.19. The molecule has 4 nitrogen and oxygen atoms in total. The van der Waals surface area contributed by atoms with Crippen LogP contribution in [0.3, 0.4) is 0 Å². The molecule has 2 fully saturated rings. The average Bonchev–Trinajstić information content (AvgIpc) is 2.52. The van der Waals surface area contributed by atoms with E-state index in [-0.39, 0.29) is 11.3 Å². The number of pyridine rings is 1. The maximum Gasteiger partial charge on any atom is 0.266 e. The molecule has 136 valence electrons. The van der Waals surface area contributed by atoms with Crippen LogP contribution in [-0.4, -0.2) is 42.0 Å². The van der Waals surface area contributed by atoms with E-state index in [1.54, 1.807) is 13.1 Å². The highest BCUT2D eigenvalue weighted by Gasteiger charge is 2.52. The SMILES string of the molecule is CC(=O)N1CC2(C1)CN(c1ccnc(-c3ccc(F)c(C(F)F)c3)c1)C2. The van der Waals surface area contributed by atoms with E-state index < -0.39 is 17.8 Å². The van der Waals surface area contributed by atoms with Crippen LogP contribution >= 0.6 is 0 Å². The van der Waals surface area contributed by atoms with Crippen molar-refractivity contribution in [3.8, 4) is 11.3 Å². The van der Waals surface area contributed by atoms with Crippen molar-refractivity contribution in [1.82, 2.24) is 9.88 Å². The quantitative estimate of drug-likeness (QED) is 0.840. The number of halogens is 3. The maximum absolute atomic E-state index is 13.5. The second kappa shape index (κ2) is 6.00. The number of aromatic nitrogens is 1. The summed E-state index contributed by atoms with van der Waals surface area (Å²) in [5.74, 6) is -0.809. The minimum absolute atomic E-state index is 0.103. The molecule has 1 spiro atoms. The number of alkyl halides is 2. The van der Waals surface area contributed by atoms with Crippen molar-refractivity contribution < 1.29 is 18.0 Å². The number of benzene rings is 1. The predicted octanol–water partition coefficient (Wildman–Crippen LogP) is 3.49. The number of anilines is 1. The Hall–Kier alpha value is -2.57. The summed E-state index contributed by atoms with van der Waals surface area (Å²) in [5.41, 5.74) is 1.50. The Morgan fingerprint density at radius 1 is 1.15 bits per heavy atom. The van der Waals surface area contributed by atoms with Gasteiger partial charge in [0.25, 0.3) is 6.43 Å². The van der Waals surface area contributed by atoms with Crippen LogP contribution in [0.1, 0.15) is 18.9 Å². The molecule has 26 heavy (non-hydrogen) atoms. The number of rotatable bonds is 3. The van der Waals surface area contributed by atoms with E-state index in [9.17, 15) is 18.0 Å². The minimum atomic E-state index is -2.86. The second-order valence-corrected chi connectivity index (χ2v) is 7.17. The molecule has 4 rings (SSSR count). The molecule has 1 amide bonds. The first-order valence-electron chi connectivity index (χ1n) is 8.41. The summed E-state index contributed by atoms with van der Waals surface area (Å²) in [4.78, 5) is 19.6. The van der Waals surface area contributed by atoms with Crippen molar-refractivity contribution in [3.05, 3.63) is 47.9 Å². The number of carbonyl (C=O) groups excluding carboxylic acids is 1. The Balaban J connectivity index is 1.50. The Morgan fingerprint density at radius 2 is 1.88 bits per heavy atom. The molecule has 0 bridgehead atoms. The number of amides is 1. The van der Waals surface area contributed by atoms with Gasteiger partial charge in [-0.15, -0.1) is 0 Å². The Labute approximate surface area is 149 Å².